The van der Waals surface area contributed by atoms with E-state index in [1.165, 1.54) is 0 Å². The third-order valence-electron chi connectivity index (χ3n) is 2.61. The molecule has 108 valence electrons. The van der Waals surface area contributed by atoms with E-state index in [9.17, 15) is 0 Å². The summed E-state index contributed by atoms with van der Waals surface area (Å²) in [5, 5.41) is 0.682. The molecule has 3 nitrogen and oxygen atoms in total. The molecule has 0 aliphatic heterocycles. The lowest BCUT2D eigenvalue weighted by atomic mass is 10.0. The van der Waals surface area contributed by atoms with Crippen LogP contribution < -0.4 is 5.73 Å². The third kappa shape index (κ3) is 5.91. The van der Waals surface area contributed by atoms with E-state index in [0.717, 1.165) is 5.56 Å². The van der Waals surface area contributed by atoms with Crippen molar-refractivity contribution in [2.45, 2.75) is 45.4 Å². The van der Waals surface area contributed by atoms with Crippen molar-refractivity contribution in [2.24, 2.45) is 5.73 Å². The van der Waals surface area contributed by atoms with E-state index >= 15 is 0 Å². The van der Waals surface area contributed by atoms with E-state index < -0.39 is 0 Å². The molecule has 1 aromatic rings. The zero-order valence-corrected chi connectivity index (χ0v) is 12.9. The van der Waals surface area contributed by atoms with Gasteiger partial charge in [0.15, 0.2) is 0 Å². The zero-order chi connectivity index (χ0) is 14.5. The van der Waals surface area contributed by atoms with Gasteiger partial charge in [-0.3, -0.25) is 0 Å². The molecule has 0 aromatic heterocycles. The molecule has 2 unspecified atom stereocenters. The van der Waals surface area contributed by atoms with Gasteiger partial charge in [0.25, 0.3) is 0 Å². The van der Waals surface area contributed by atoms with E-state index in [1.807, 2.05) is 52.0 Å². The topological polar surface area (TPSA) is 44.5 Å². The largest absolute Gasteiger partial charge is 0.373 e. The SMILES string of the molecule is CC(N)C(OCCOC(C)(C)C)c1ccccc1Cl. The monoisotopic (exact) mass is 285 g/mol. The Balaban J connectivity index is 2.58. The third-order valence-corrected chi connectivity index (χ3v) is 2.95. The maximum Gasteiger partial charge on any atom is 0.0988 e. The number of benzene rings is 1. The van der Waals surface area contributed by atoms with Gasteiger partial charge in [0.2, 0.25) is 0 Å². The summed E-state index contributed by atoms with van der Waals surface area (Å²) in [7, 11) is 0. The first-order chi connectivity index (χ1) is 8.81. The molecular formula is C15H24ClNO2. The summed E-state index contributed by atoms with van der Waals surface area (Å²) in [6.07, 6.45) is -0.211. The fourth-order valence-corrected chi connectivity index (χ4v) is 2.00. The lowest BCUT2D eigenvalue weighted by Crippen LogP contribution is -2.29. The van der Waals surface area contributed by atoms with Gasteiger partial charge in [-0.05, 0) is 33.8 Å². The normalized spacial score (nSPS) is 15.3. The van der Waals surface area contributed by atoms with Crippen molar-refractivity contribution in [1.29, 1.82) is 0 Å². The van der Waals surface area contributed by atoms with Gasteiger partial charge in [0, 0.05) is 16.6 Å². The van der Waals surface area contributed by atoms with Crippen LogP contribution in [0.4, 0.5) is 0 Å². The van der Waals surface area contributed by atoms with Crippen molar-refractivity contribution in [1.82, 2.24) is 0 Å². The molecule has 4 heteroatoms. The molecule has 2 N–H and O–H groups in total. The Morgan fingerprint density at radius 2 is 1.84 bits per heavy atom. The van der Waals surface area contributed by atoms with E-state index in [-0.39, 0.29) is 17.7 Å². The van der Waals surface area contributed by atoms with Crippen molar-refractivity contribution in [3.05, 3.63) is 34.9 Å². The fourth-order valence-electron chi connectivity index (χ4n) is 1.75. The number of ether oxygens (including phenoxy) is 2. The Morgan fingerprint density at radius 3 is 2.37 bits per heavy atom. The molecule has 0 amide bonds. The van der Waals surface area contributed by atoms with Crippen LogP contribution in [0.3, 0.4) is 0 Å². The second kappa shape index (κ2) is 7.25. The van der Waals surface area contributed by atoms with Crippen molar-refractivity contribution in [2.75, 3.05) is 13.2 Å². The van der Waals surface area contributed by atoms with Crippen LogP contribution in [0.25, 0.3) is 0 Å². The van der Waals surface area contributed by atoms with Crippen LogP contribution in [0.2, 0.25) is 5.02 Å². The van der Waals surface area contributed by atoms with Crippen LogP contribution in [0, 0.1) is 0 Å². The Labute approximate surface area is 121 Å². The second-order valence-electron chi connectivity index (χ2n) is 5.63. The van der Waals surface area contributed by atoms with Crippen LogP contribution in [0.1, 0.15) is 39.4 Å². The number of nitrogens with two attached hydrogens (primary N) is 1. The molecule has 2 atom stereocenters. The molecule has 0 aliphatic carbocycles. The molecule has 1 aromatic carbocycles. The molecule has 0 fully saturated rings. The van der Waals surface area contributed by atoms with Crippen molar-refractivity contribution in [3.63, 3.8) is 0 Å². The van der Waals surface area contributed by atoms with E-state index in [2.05, 4.69) is 0 Å². The van der Waals surface area contributed by atoms with Crippen molar-refractivity contribution < 1.29 is 9.47 Å². The summed E-state index contributed by atoms with van der Waals surface area (Å²) in [5.74, 6) is 0. The molecule has 1 rings (SSSR count). The molecule has 0 bridgehead atoms. The zero-order valence-electron chi connectivity index (χ0n) is 12.2. The molecule has 0 heterocycles. The molecular weight excluding hydrogens is 262 g/mol. The lowest BCUT2D eigenvalue weighted by molar-refractivity contribution is -0.0557. The first-order valence-electron chi connectivity index (χ1n) is 6.57. The van der Waals surface area contributed by atoms with Crippen LogP contribution >= 0.6 is 11.6 Å². The van der Waals surface area contributed by atoms with Crippen LogP contribution in [-0.4, -0.2) is 24.9 Å². The first-order valence-corrected chi connectivity index (χ1v) is 6.94. The first kappa shape index (κ1) is 16.4. The minimum Gasteiger partial charge on any atom is -0.373 e. The Hall–Kier alpha value is -0.610. The van der Waals surface area contributed by atoms with Crippen LogP contribution in [0.5, 0.6) is 0 Å². The minimum atomic E-state index is -0.211. The summed E-state index contributed by atoms with van der Waals surface area (Å²) >= 11 is 6.18. The van der Waals surface area contributed by atoms with Gasteiger partial charge in [-0.25, -0.2) is 0 Å². The van der Waals surface area contributed by atoms with Crippen molar-refractivity contribution in [3.8, 4) is 0 Å². The highest BCUT2D eigenvalue weighted by Gasteiger charge is 2.19. The molecule has 0 aliphatic rings. The highest BCUT2D eigenvalue weighted by atomic mass is 35.5. The van der Waals surface area contributed by atoms with Gasteiger partial charge in [0.1, 0.15) is 0 Å². The quantitative estimate of drug-likeness (QED) is 0.813. The predicted octanol–water partition coefficient (Wildman–Crippen LogP) is 3.56. The van der Waals surface area contributed by atoms with Gasteiger partial charge in [-0.2, -0.15) is 0 Å². The molecule has 0 saturated heterocycles. The summed E-state index contributed by atoms with van der Waals surface area (Å²) in [4.78, 5) is 0. The molecule has 0 spiro atoms. The van der Waals surface area contributed by atoms with Crippen LogP contribution in [0.15, 0.2) is 24.3 Å². The minimum absolute atomic E-state index is 0.130. The molecule has 0 radical (unpaired) electrons. The maximum atomic E-state index is 6.18. The predicted molar refractivity (Wildman–Crippen MR) is 79.5 cm³/mol. The molecule has 19 heavy (non-hydrogen) atoms. The number of hydrogen-bond donors (Lipinski definition) is 1. The van der Waals surface area contributed by atoms with Gasteiger partial charge in [0.05, 0.1) is 24.9 Å². The van der Waals surface area contributed by atoms with Gasteiger partial charge in [-0.1, -0.05) is 29.8 Å². The Morgan fingerprint density at radius 1 is 1.21 bits per heavy atom. The number of rotatable bonds is 6. The lowest BCUT2D eigenvalue weighted by Gasteiger charge is -2.24. The second-order valence-corrected chi connectivity index (χ2v) is 6.04. The summed E-state index contributed by atoms with van der Waals surface area (Å²) < 4.78 is 11.5. The highest BCUT2D eigenvalue weighted by molar-refractivity contribution is 6.31. The van der Waals surface area contributed by atoms with Gasteiger partial charge >= 0.3 is 0 Å². The Kier molecular flexibility index (Phi) is 6.27. The summed E-state index contributed by atoms with van der Waals surface area (Å²) in [5.41, 5.74) is 6.75. The number of hydrogen-bond acceptors (Lipinski definition) is 3. The van der Waals surface area contributed by atoms with Crippen LogP contribution in [-0.2, 0) is 9.47 Å². The average Bonchev–Trinajstić information content (AvgIpc) is 2.29. The average molecular weight is 286 g/mol. The van der Waals surface area contributed by atoms with E-state index in [1.54, 1.807) is 0 Å². The fraction of sp³-hybridized carbons (Fsp3) is 0.600. The maximum absolute atomic E-state index is 6.18. The van der Waals surface area contributed by atoms with Crippen molar-refractivity contribution >= 4 is 11.6 Å². The smallest absolute Gasteiger partial charge is 0.0988 e. The standard InChI is InChI=1S/C15H24ClNO2/c1-11(17)14(12-7-5-6-8-13(12)16)18-9-10-19-15(2,3)4/h5-8,11,14H,9-10,17H2,1-4H3. The van der Waals surface area contributed by atoms with E-state index in [0.29, 0.717) is 18.2 Å². The molecule has 0 saturated carbocycles. The summed E-state index contributed by atoms with van der Waals surface area (Å²) in [6.45, 7) is 9.00. The van der Waals surface area contributed by atoms with Gasteiger partial charge < -0.3 is 15.2 Å². The van der Waals surface area contributed by atoms with E-state index in [4.69, 9.17) is 26.8 Å². The number of halogens is 1. The Bertz CT molecular complexity index is 388. The summed E-state index contributed by atoms with van der Waals surface area (Å²) in [6, 6.07) is 7.50. The highest BCUT2D eigenvalue weighted by Crippen LogP contribution is 2.27. The van der Waals surface area contributed by atoms with Gasteiger partial charge in [-0.15, -0.1) is 0 Å².